The average molecular weight is 213 g/mol. The molecule has 16 heavy (non-hydrogen) atoms. The number of rotatable bonds is 2. The topological polar surface area (TPSA) is 58.4 Å². The van der Waals surface area contributed by atoms with E-state index in [1.54, 1.807) is 13.0 Å². The van der Waals surface area contributed by atoms with Gasteiger partial charge in [0.2, 0.25) is 0 Å². The summed E-state index contributed by atoms with van der Waals surface area (Å²) in [4.78, 5) is 8.46. The van der Waals surface area contributed by atoms with Crippen LogP contribution < -0.4 is 0 Å². The van der Waals surface area contributed by atoms with E-state index in [1.807, 2.05) is 30.3 Å². The molecule has 0 atom stereocenters. The van der Waals surface area contributed by atoms with Crippen molar-refractivity contribution in [2.45, 2.75) is 6.92 Å². The number of oxime groups is 1. The maximum atomic E-state index is 8.48. The lowest BCUT2D eigenvalue weighted by Crippen LogP contribution is -1.96. The van der Waals surface area contributed by atoms with Crippen LogP contribution in [-0.4, -0.2) is 21.4 Å². The van der Waals surface area contributed by atoms with Crippen molar-refractivity contribution in [3.05, 3.63) is 47.9 Å². The maximum absolute atomic E-state index is 8.48. The number of benzene rings is 1. The van der Waals surface area contributed by atoms with Gasteiger partial charge in [0.25, 0.3) is 0 Å². The van der Waals surface area contributed by atoms with E-state index in [0.29, 0.717) is 11.5 Å². The Bertz CT molecular complexity index is 509. The van der Waals surface area contributed by atoms with Gasteiger partial charge < -0.3 is 5.21 Å². The van der Waals surface area contributed by atoms with E-state index in [4.69, 9.17) is 5.21 Å². The zero-order valence-corrected chi connectivity index (χ0v) is 8.83. The van der Waals surface area contributed by atoms with E-state index in [9.17, 15) is 0 Å². The summed E-state index contributed by atoms with van der Waals surface area (Å²) in [5.74, 6) is 0.649. The van der Waals surface area contributed by atoms with E-state index in [0.717, 1.165) is 11.3 Å². The zero-order valence-electron chi connectivity index (χ0n) is 8.83. The Labute approximate surface area is 93.3 Å². The van der Waals surface area contributed by atoms with Gasteiger partial charge in [0.05, 0.1) is 17.6 Å². The standard InChI is InChI=1S/C12H11N3O/c1-9-14-11(8-13-16)7-12(15-9)10-5-3-2-4-6-10/h2-8,16H,1H3. The lowest BCUT2D eigenvalue weighted by molar-refractivity contribution is 0.321. The fraction of sp³-hybridized carbons (Fsp3) is 0.0833. The summed E-state index contributed by atoms with van der Waals surface area (Å²) in [5, 5.41) is 11.4. The fourth-order valence-corrected chi connectivity index (χ4v) is 1.47. The first-order valence-electron chi connectivity index (χ1n) is 4.88. The van der Waals surface area contributed by atoms with Gasteiger partial charge in [-0.2, -0.15) is 0 Å². The summed E-state index contributed by atoms with van der Waals surface area (Å²) in [5.41, 5.74) is 2.43. The number of aromatic nitrogens is 2. The predicted octanol–water partition coefficient (Wildman–Crippen LogP) is 2.26. The second-order valence-corrected chi connectivity index (χ2v) is 3.34. The molecule has 0 amide bonds. The Morgan fingerprint density at radius 3 is 2.62 bits per heavy atom. The molecule has 2 aromatic rings. The highest BCUT2D eigenvalue weighted by atomic mass is 16.4. The summed E-state index contributed by atoms with van der Waals surface area (Å²) in [6.07, 6.45) is 1.29. The molecule has 0 unspecified atom stereocenters. The van der Waals surface area contributed by atoms with Crippen LogP contribution in [0.2, 0.25) is 0 Å². The highest BCUT2D eigenvalue weighted by Gasteiger charge is 2.02. The van der Waals surface area contributed by atoms with Gasteiger partial charge in [0.1, 0.15) is 5.82 Å². The van der Waals surface area contributed by atoms with Crippen molar-refractivity contribution in [2.24, 2.45) is 5.16 Å². The van der Waals surface area contributed by atoms with Crippen LogP contribution in [0.4, 0.5) is 0 Å². The molecule has 0 aliphatic carbocycles. The van der Waals surface area contributed by atoms with Crippen LogP contribution in [0.1, 0.15) is 11.5 Å². The summed E-state index contributed by atoms with van der Waals surface area (Å²) < 4.78 is 0. The number of hydrogen-bond donors (Lipinski definition) is 1. The summed E-state index contributed by atoms with van der Waals surface area (Å²) in [6, 6.07) is 11.6. The third-order valence-electron chi connectivity index (χ3n) is 2.12. The summed E-state index contributed by atoms with van der Waals surface area (Å²) >= 11 is 0. The molecule has 4 nitrogen and oxygen atoms in total. The van der Waals surface area contributed by atoms with Gasteiger partial charge in [-0.1, -0.05) is 35.5 Å². The van der Waals surface area contributed by atoms with Crippen LogP contribution in [0.5, 0.6) is 0 Å². The molecule has 0 bridgehead atoms. The summed E-state index contributed by atoms with van der Waals surface area (Å²) in [7, 11) is 0. The number of nitrogens with zero attached hydrogens (tertiary/aromatic N) is 3. The van der Waals surface area contributed by atoms with Gasteiger partial charge >= 0.3 is 0 Å². The Morgan fingerprint density at radius 1 is 1.19 bits per heavy atom. The van der Waals surface area contributed by atoms with Crippen molar-refractivity contribution in [2.75, 3.05) is 0 Å². The fourth-order valence-electron chi connectivity index (χ4n) is 1.47. The summed E-state index contributed by atoms with van der Waals surface area (Å²) in [6.45, 7) is 1.81. The molecule has 0 aliphatic rings. The Kier molecular flexibility index (Phi) is 2.91. The molecule has 0 saturated heterocycles. The Balaban J connectivity index is 2.49. The Morgan fingerprint density at radius 2 is 1.94 bits per heavy atom. The van der Waals surface area contributed by atoms with Crippen LogP contribution in [0.25, 0.3) is 11.3 Å². The first kappa shape index (κ1) is 10.3. The molecule has 0 fully saturated rings. The van der Waals surface area contributed by atoms with Crippen LogP contribution >= 0.6 is 0 Å². The van der Waals surface area contributed by atoms with E-state index < -0.39 is 0 Å². The molecule has 0 saturated carbocycles. The molecular weight excluding hydrogens is 202 g/mol. The largest absolute Gasteiger partial charge is 0.411 e. The minimum absolute atomic E-state index is 0.592. The first-order valence-corrected chi connectivity index (χ1v) is 4.88. The third-order valence-corrected chi connectivity index (χ3v) is 2.12. The predicted molar refractivity (Wildman–Crippen MR) is 61.6 cm³/mol. The van der Waals surface area contributed by atoms with Crippen molar-refractivity contribution in [1.82, 2.24) is 9.97 Å². The SMILES string of the molecule is Cc1nc(C=NO)cc(-c2ccccc2)n1. The van der Waals surface area contributed by atoms with Crippen LogP contribution in [0, 0.1) is 6.92 Å². The molecule has 1 N–H and O–H groups in total. The second kappa shape index (κ2) is 4.53. The lowest BCUT2D eigenvalue weighted by atomic mass is 10.1. The Hall–Kier alpha value is -2.23. The zero-order chi connectivity index (χ0) is 11.4. The minimum Gasteiger partial charge on any atom is -0.411 e. The third kappa shape index (κ3) is 2.23. The van der Waals surface area contributed by atoms with Gasteiger partial charge in [0.15, 0.2) is 0 Å². The van der Waals surface area contributed by atoms with Gasteiger partial charge in [0, 0.05) is 5.56 Å². The molecule has 0 spiro atoms. The smallest absolute Gasteiger partial charge is 0.126 e. The molecular formula is C12H11N3O. The second-order valence-electron chi connectivity index (χ2n) is 3.34. The van der Waals surface area contributed by atoms with E-state index in [-0.39, 0.29) is 0 Å². The molecule has 1 heterocycles. The van der Waals surface area contributed by atoms with Crippen molar-refractivity contribution in [3.63, 3.8) is 0 Å². The molecule has 80 valence electrons. The normalized spacial score (nSPS) is 10.8. The molecule has 0 radical (unpaired) electrons. The highest BCUT2D eigenvalue weighted by molar-refractivity contribution is 5.78. The quantitative estimate of drug-likeness (QED) is 0.473. The van der Waals surface area contributed by atoms with Crippen molar-refractivity contribution in [3.8, 4) is 11.3 Å². The van der Waals surface area contributed by atoms with Crippen LogP contribution in [0.3, 0.4) is 0 Å². The number of aryl methyl sites for hydroxylation is 1. The molecule has 0 aliphatic heterocycles. The lowest BCUT2D eigenvalue weighted by Gasteiger charge is -2.02. The monoisotopic (exact) mass is 213 g/mol. The number of hydrogen-bond acceptors (Lipinski definition) is 4. The maximum Gasteiger partial charge on any atom is 0.126 e. The van der Waals surface area contributed by atoms with Gasteiger partial charge in [-0.05, 0) is 13.0 Å². The molecule has 2 rings (SSSR count). The van der Waals surface area contributed by atoms with Crippen molar-refractivity contribution >= 4 is 6.21 Å². The molecule has 4 heteroatoms. The van der Waals surface area contributed by atoms with E-state index >= 15 is 0 Å². The minimum atomic E-state index is 0.592. The average Bonchev–Trinajstić information content (AvgIpc) is 2.30. The van der Waals surface area contributed by atoms with Crippen molar-refractivity contribution < 1.29 is 5.21 Å². The van der Waals surface area contributed by atoms with Gasteiger partial charge in [-0.15, -0.1) is 0 Å². The van der Waals surface area contributed by atoms with E-state index in [2.05, 4.69) is 15.1 Å². The first-order chi connectivity index (χ1) is 7.79. The van der Waals surface area contributed by atoms with E-state index in [1.165, 1.54) is 6.21 Å². The van der Waals surface area contributed by atoms with Crippen molar-refractivity contribution in [1.29, 1.82) is 0 Å². The van der Waals surface area contributed by atoms with Crippen LogP contribution in [-0.2, 0) is 0 Å². The molecule has 1 aromatic heterocycles. The van der Waals surface area contributed by atoms with Gasteiger partial charge in [-0.25, -0.2) is 9.97 Å². The van der Waals surface area contributed by atoms with Gasteiger partial charge in [-0.3, -0.25) is 0 Å². The molecule has 1 aromatic carbocycles. The highest BCUT2D eigenvalue weighted by Crippen LogP contribution is 2.16. The van der Waals surface area contributed by atoms with Crippen LogP contribution in [0.15, 0.2) is 41.6 Å².